The van der Waals surface area contributed by atoms with Crippen molar-refractivity contribution in [1.82, 2.24) is 0 Å². The maximum atomic E-state index is 6.46. The summed E-state index contributed by atoms with van der Waals surface area (Å²) >= 11 is 0. The van der Waals surface area contributed by atoms with Crippen LogP contribution in [-0.4, -0.2) is 0 Å². The van der Waals surface area contributed by atoms with Gasteiger partial charge in [-0.3, -0.25) is 0 Å². The molecular weight excluding hydrogens is 583 g/mol. The fraction of sp³-hybridized carbons (Fsp3) is 0. The lowest BCUT2D eigenvalue weighted by atomic mass is 9.93. The Morgan fingerprint density at radius 1 is 0.354 bits per heavy atom. The highest BCUT2D eigenvalue weighted by molar-refractivity contribution is 6.13. The molecule has 0 saturated carbocycles. The van der Waals surface area contributed by atoms with Gasteiger partial charge in [0.2, 0.25) is 0 Å². The zero-order chi connectivity index (χ0) is 31.9. The van der Waals surface area contributed by atoms with E-state index >= 15 is 0 Å². The van der Waals surface area contributed by atoms with Crippen molar-refractivity contribution in [2.45, 2.75) is 0 Å². The summed E-state index contributed by atoms with van der Waals surface area (Å²) in [6.07, 6.45) is 0. The van der Waals surface area contributed by atoms with Crippen molar-refractivity contribution in [1.29, 1.82) is 0 Å². The van der Waals surface area contributed by atoms with Gasteiger partial charge in [0.15, 0.2) is 0 Å². The molecule has 0 aliphatic heterocycles. The molecule has 0 amide bonds. The molecule has 0 unspecified atom stereocenters. The number of furan rings is 1. The van der Waals surface area contributed by atoms with Gasteiger partial charge in [-0.1, -0.05) is 140 Å². The highest BCUT2D eigenvalue weighted by atomic mass is 16.3. The molecule has 1 aromatic heterocycles. The van der Waals surface area contributed by atoms with E-state index in [2.05, 4.69) is 181 Å². The Kier molecular flexibility index (Phi) is 6.84. The van der Waals surface area contributed by atoms with Crippen LogP contribution in [-0.2, 0) is 0 Å². The molecule has 0 radical (unpaired) electrons. The van der Waals surface area contributed by atoms with E-state index in [1.807, 2.05) is 12.1 Å². The van der Waals surface area contributed by atoms with Gasteiger partial charge in [0, 0.05) is 22.2 Å². The van der Waals surface area contributed by atoms with Crippen LogP contribution in [0.3, 0.4) is 0 Å². The molecule has 2 heteroatoms. The lowest BCUT2D eigenvalue weighted by Gasteiger charge is -2.29. The van der Waals surface area contributed by atoms with Gasteiger partial charge in [0.05, 0.1) is 11.4 Å². The zero-order valence-electron chi connectivity index (χ0n) is 26.3. The molecule has 2 nitrogen and oxygen atoms in total. The molecule has 0 saturated heterocycles. The third kappa shape index (κ3) is 4.83. The smallest absolute Gasteiger partial charge is 0.137 e. The van der Waals surface area contributed by atoms with Crippen LogP contribution in [0, 0.1) is 0 Å². The second kappa shape index (κ2) is 11.8. The molecule has 1 heterocycles. The Labute approximate surface area is 279 Å². The zero-order valence-corrected chi connectivity index (χ0v) is 26.3. The van der Waals surface area contributed by atoms with E-state index in [-0.39, 0.29) is 0 Å². The molecule has 8 aromatic carbocycles. The van der Waals surface area contributed by atoms with Crippen molar-refractivity contribution >= 4 is 49.6 Å². The molecule has 0 fully saturated rings. The van der Waals surface area contributed by atoms with Crippen LogP contribution in [0.1, 0.15) is 0 Å². The van der Waals surface area contributed by atoms with Crippen LogP contribution in [0.15, 0.2) is 192 Å². The van der Waals surface area contributed by atoms with Crippen molar-refractivity contribution in [2.24, 2.45) is 0 Å². The number of benzene rings is 8. The van der Waals surface area contributed by atoms with Gasteiger partial charge in [0.1, 0.15) is 11.3 Å². The average Bonchev–Trinajstić information content (AvgIpc) is 3.60. The molecule has 0 atom stereocenters. The van der Waals surface area contributed by atoms with Crippen LogP contribution in [0.2, 0.25) is 0 Å². The predicted octanol–water partition coefficient (Wildman–Crippen LogP) is 13.2. The normalized spacial score (nSPS) is 11.3. The SMILES string of the molecule is c1ccc(-c2ccccc2N(c2ccc(-c3cc4ccccc4c4ccccc34)cc2)c2ccccc2-c2cc3ccccc3o2)cc1. The molecule has 0 bridgehead atoms. The standard InChI is InChI=1S/C46H31NO/c1-2-14-32(15-3-1)38-19-9-11-23-43(38)47(44-24-12-10-22-41(44)46-31-35-17-5-13-25-45(35)48-46)36-28-26-33(27-29-36)42-30-34-16-4-6-18-37(34)39-20-7-8-21-40(39)42/h1-31H. The van der Waals surface area contributed by atoms with Crippen molar-refractivity contribution in [3.63, 3.8) is 0 Å². The summed E-state index contributed by atoms with van der Waals surface area (Å²) in [5.41, 5.74) is 9.85. The number of hydrogen-bond acceptors (Lipinski definition) is 2. The Morgan fingerprint density at radius 3 is 1.69 bits per heavy atom. The molecule has 0 aliphatic carbocycles. The minimum Gasteiger partial charge on any atom is -0.456 e. The predicted molar refractivity (Wildman–Crippen MR) is 202 cm³/mol. The van der Waals surface area contributed by atoms with Crippen LogP contribution < -0.4 is 4.90 Å². The summed E-state index contributed by atoms with van der Waals surface area (Å²) in [6, 6.07) is 66.8. The van der Waals surface area contributed by atoms with E-state index in [9.17, 15) is 0 Å². The quantitative estimate of drug-likeness (QED) is 0.174. The lowest BCUT2D eigenvalue weighted by molar-refractivity contribution is 0.631. The first-order valence-electron chi connectivity index (χ1n) is 16.4. The van der Waals surface area contributed by atoms with Gasteiger partial charge >= 0.3 is 0 Å². The summed E-state index contributed by atoms with van der Waals surface area (Å²) in [4.78, 5) is 2.37. The highest BCUT2D eigenvalue weighted by Crippen LogP contribution is 2.46. The largest absolute Gasteiger partial charge is 0.456 e. The molecular formula is C46H31NO. The number of fused-ring (bicyclic) bond motifs is 4. The van der Waals surface area contributed by atoms with Crippen LogP contribution in [0.4, 0.5) is 17.1 Å². The van der Waals surface area contributed by atoms with Crippen molar-refractivity contribution in [2.75, 3.05) is 4.90 Å². The van der Waals surface area contributed by atoms with Crippen molar-refractivity contribution in [3.05, 3.63) is 188 Å². The Balaban J connectivity index is 1.24. The summed E-state index contributed by atoms with van der Waals surface area (Å²) in [7, 11) is 0. The molecule has 0 aliphatic rings. The second-order valence-electron chi connectivity index (χ2n) is 12.1. The van der Waals surface area contributed by atoms with E-state index in [1.165, 1.54) is 38.2 Å². The van der Waals surface area contributed by atoms with Crippen molar-refractivity contribution < 1.29 is 4.42 Å². The van der Waals surface area contributed by atoms with Crippen LogP contribution >= 0.6 is 0 Å². The molecule has 226 valence electrons. The first kappa shape index (κ1) is 27.9. The number of hydrogen-bond donors (Lipinski definition) is 0. The molecule has 9 aromatic rings. The number of nitrogens with zero attached hydrogens (tertiary/aromatic N) is 1. The van der Waals surface area contributed by atoms with E-state index in [4.69, 9.17) is 4.42 Å². The summed E-state index contributed by atoms with van der Waals surface area (Å²) < 4.78 is 6.46. The van der Waals surface area contributed by atoms with Gasteiger partial charge in [-0.25, -0.2) is 0 Å². The maximum Gasteiger partial charge on any atom is 0.137 e. The summed E-state index contributed by atoms with van der Waals surface area (Å²) in [5, 5.41) is 6.14. The van der Waals surface area contributed by atoms with E-state index in [0.717, 1.165) is 44.9 Å². The van der Waals surface area contributed by atoms with Crippen molar-refractivity contribution in [3.8, 4) is 33.6 Å². The van der Waals surface area contributed by atoms with Gasteiger partial charge in [-0.2, -0.15) is 0 Å². The van der Waals surface area contributed by atoms with Crippen LogP contribution in [0.5, 0.6) is 0 Å². The monoisotopic (exact) mass is 613 g/mol. The summed E-state index contributed by atoms with van der Waals surface area (Å²) in [5.74, 6) is 0.841. The second-order valence-corrected chi connectivity index (χ2v) is 12.1. The van der Waals surface area contributed by atoms with E-state index in [0.29, 0.717) is 0 Å². The average molecular weight is 614 g/mol. The number of para-hydroxylation sites is 3. The summed E-state index contributed by atoms with van der Waals surface area (Å²) in [6.45, 7) is 0. The molecule has 0 N–H and O–H groups in total. The third-order valence-electron chi connectivity index (χ3n) is 9.27. The molecule has 0 spiro atoms. The molecule has 9 rings (SSSR count). The Hall–Kier alpha value is -6.38. The minimum atomic E-state index is 0.841. The number of anilines is 3. The fourth-order valence-corrected chi connectivity index (χ4v) is 7.01. The van der Waals surface area contributed by atoms with Gasteiger partial charge in [-0.15, -0.1) is 0 Å². The maximum absolute atomic E-state index is 6.46. The fourth-order valence-electron chi connectivity index (χ4n) is 7.01. The minimum absolute atomic E-state index is 0.841. The topological polar surface area (TPSA) is 16.4 Å². The molecule has 48 heavy (non-hydrogen) atoms. The highest BCUT2D eigenvalue weighted by Gasteiger charge is 2.22. The van der Waals surface area contributed by atoms with Gasteiger partial charge in [-0.05, 0) is 86.8 Å². The van der Waals surface area contributed by atoms with Gasteiger partial charge in [0.25, 0.3) is 0 Å². The Bertz CT molecular complexity index is 2530. The third-order valence-corrected chi connectivity index (χ3v) is 9.27. The Morgan fingerprint density at radius 2 is 0.917 bits per heavy atom. The first-order chi connectivity index (χ1) is 23.8. The lowest BCUT2D eigenvalue weighted by Crippen LogP contribution is -2.12. The number of rotatable bonds is 6. The van der Waals surface area contributed by atoms with Gasteiger partial charge < -0.3 is 9.32 Å². The first-order valence-corrected chi connectivity index (χ1v) is 16.4. The van der Waals surface area contributed by atoms with E-state index in [1.54, 1.807) is 0 Å². The van der Waals surface area contributed by atoms with Crippen LogP contribution in [0.25, 0.3) is 66.1 Å². The van der Waals surface area contributed by atoms with E-state index < -0.39 is 0 Å².